The number of hydrogen-bond donors (Lipinski definition) is 1. The average molecular weight is 286 g/mol. The highest BCUT2D eigenvalue weighted by Gasteiger charge is 2.06. The van der Waals surface area contributed by atoms with E-state index in [9.17, 15) is 4.79 Å². The van der Waals surface area contributed by atoms with Crippen molar-refractivity contribution < 1.29 is 14.3 Å². The Hall–Kier alpha value is -2.40. The lowest BCUT2D eigenvalue weighted by molar-refractivity contribution is -0.119. The molecular formula is C16H18N2O3. The van der Waals surface area contributed by atoms with Gasteiger partial charge in [-0.05, 0) is 31.5 Å². The van der Waals surface area contributed by atoms with Gasteiger partial charge < -0.3 is 14.8 Å². The number of carbonyl (C=O) groups is 1. The van der Waals surface area contributed by atoms with Crippen molar-refractivity contribution in [2.45, 2.75) is 13.8 Å². The zero-order valence-corrected chi connectivity index (χ0v) is 12.3. The standard InChI is InChI=1S/C16H18N2O3/c1-11-4-5-14(12(2)8-11)21-13-6-7-17-15(9-13)18-16(19)10-20-3/h4-9H,10H2,1-3H3,(H,17,18,19). The van der Waals surface area contributed by atoms with Gasteiger partial charge in [0.25, 0.3) is 5.91 Å². The summed E-state index contributed by atoms with van der Waals surface area (Å²) >= 11 is 0. The van der Waals surface area contributed by atoms with Crippen molar-refractivity contribution in [3.63, 3.8) is 0 Å². The molecule has 0 aliphatic carbocycles. The maximum atomic E-state index is 11.5. The minimum atomic E-state index is -0.256. The number of carbonyl (C=O) groups excluding carboxylic acids is 1. The number of benzene rings is 1. The molecule has 1 N–H and O–H groups in total. The lowest BCUT2D eigenvalue weighted by atomic mass is 10.1. The lowest BCUT2D eigenvalue weighted by Gasteiger charge is -2.10. The first-order valence-electron chi connectivity index (χ1n) is 6.58. The number of nitrogens with zero attached hydrogens (tertiary/aromatic N) is 1. The first-order valence-corrected chi connectivity index (χ1v) is 6.58. The molecule has 0 saturated carbocycles. The predicted molar refractivity (Wildman–Crippen MR) is 80.7 cm³/mol. The van der Waals surface area contributed by atoms with Gasteiger partial charge in [0.05, 0.1) is 0 Å². The van der Waals surface area contributed by atoms with Gasteiger partial charge in [0.1, 0.15) is 23.9 Å². The minimum Gasteiger partial charge on any atom is -0.457 e. The fourth-order valence-corrected chi connectivity index (χ4v) is 1.89. The summed E-state index contributed by atoms with van der Waals surface area (Å²) in [5.41, 5.74) is 2.24. The van der Waals surface area contributed by atoms with Crippen LogP contribution in [0.3, 0.4) is 0 Å². The maximum Gasteiger partial charge on any atom is 0.251 e. The minimum absolute atomic E-state index is 0.0101. The summed E-state index contributed by atoms with van der Waals surface area (Å²) in [5, 5.41) is 2.64. The van der Waals surface area contributed by atoms with E-state index in [1.807, 2.05) is 26.0 Å². The number of ether oxygens (including phenoxy) is 2. The molecule has 21 heavy (non-hydrogen) atoms. The molecule has 1 aromatic heterocycles. The van der Waals surface area contributed by atoms with Crippen LogP contribution in [0.25, 0.3) is 0 Å². The Morgan fingerprint density at radius 3 is 2.76 bits per heavy atom. The smallest absolute Gasteiger partial charge is 0.251 e. The predicted octanol–water partition coefficient (Wildman–Crippen LogP) is 3.08. The fraction of sp³-hybridized carbons (Fsp3) is 0.250. The van der Waals surface area contributed by atoms with E-state index < -0.39 is 0 Å². The monoisotopic (exact) mass is 286 g/mol. The molecule has 1 heterocycles. The molecule has 1 amide bonds. The van der Waals surface area contributed by atoms with Crippen LogP contribution < -0.4 is 10.1 Å². The molecule has 2 rings (SSSR count). The van der Waals surface area contributed by atoms with E-state index in [1.165, 1.54) is 12.7 Å². The third-order valence-corrected chi connectivity index (χ3v) is 2.83. The summed E-state index contributed by atoms with van der Waals surface area (Å²) < 4.78 is 10.6. The maximum absolute atomic E-state index is 11.5. The van der Waals surface area contributed by atoms with Crippen molar-refractivity contribution in [1.29, 1.82) is 0 Å². The second kappa shape index (κ2) is 6.85. The molecule has 0 aliphatic heterocycles. The van der Waals surface area contributed by atoms with Crippen molar-refractivity contribution in [3.8, 4) is 11.5 Å². The Balaban J connectivity index is 2.12. The van der Waals surface area contributed by atoms with Crippen molar-refractivity contribution in [2.75, 3.05) is 19.0 Å². The number of rotatable bonds is 5. The normalized spacial score (nSPS) is 10.2. The van der Waals surface area contributed by atoms with Crippen LogP contribution in [-0.2, 0) is 9.53 Å². The average Bonchev–Trinajstić information content (AvgIpc) is 2.42. The number of hydrogen-bond acceptors (Lipinski definition) is 4. The van der Waals surface area contributed by atoms with Gasteiger partial charge in [0.15, 0.2) is 0 Å². The number of anilines is 1. The highest BCUT2D eigenvalue weighted by atomic mass is 16.5. The van der Waals surface area contributed by atoms with Crippen LogP contribution >= 0.6 is 0 Å². The van der Waals surface area contributed by atoms with E-state index >= 15 is 0 Å². The third-order valence-electron chi connectivity index (χ3n) is 2.83. The van der Waals surface area contributed by atoms with Crippen molar-refractivity contribution in [1.82, 2.24) is 4.98 Å². The van der Waals surface area contributed by atoms with Crippen LogP contribution in [0.4, 0.5) is 5.82 Å². The van der Waals surface area contributed by atoms with E-state index in [0.29, 0.717) is 11.6 Å². The van der Waals surface area contributed by atoms with Crippen molar-refractivity contribution >= 4 is 11.7 Å². The van der Waals surface area contributed by atoms with Crippen molar-refractivity contribution in [3.05, 3.63) is 47.7 Å². The second-order valence-corrected chi connectivity index (χ2v) is 4.73. The van der Waals surface area contributed by atoms with Crippen LogP contribution in [0.2, 0.25) is 0 Å². The van der Waals surface area contributed by atoms with Crippen LogP contribution in [0.15, 0.2) is 36.5 Å². The van der Waals surface area contributed by atoms with E-state index in [4.69, 9.17) is 9.47 Å². The highest BCUT2D eigenvalue weighted by molar-refractivity contribution is 5.90. The number of aromatic nitrogens is 1. The first-order chi connectivity index (χ1) is 10.1. The van der Waals surface area contributed by atoms with Gasteiger partial charge in [-0.2, -0.15) is 0 Å². The number of amides is 1. The second-order valence-electron chi connectivity index (χ2n) is 4.73. The zero-order chi connectivity index (χ0) is 15.2. The highest BCUT2D eigenvalue weighted by Crippen LogP contribution is 2.26. The van der Waals surface area contributed by atoms with Crippen molar-refractivity contribution in [2.24, 2.45) is 0 Å². The molecule has 0 atom stereocenters. The van der Waals surface area contributed by atoms with E-state index in [2.05, 4.69) is 16.4 Å². The summed E-state index contributed by atoms with van der Waals surface area (Å²) in [6, 6.07) is 9.38. The molecule has 0 aliphatic rings. The van der Waals surface area contributed by atoms with Crippen LogP contribution in [0.5, 0.6) is 11.5 Å². The number of pyridine rings is 1. The van der Waals surface area contributed by atoms with Gasteiger partial charge in [-0.1, -0.05) is 17.7 Å². The topological polar surface area (TPSA) is 60.5 Å². The quantitative estimate of drug-likeness (QED) is 0.917. The Morgan fingerprint density at radius 2 is 2.05 bits per heavy atom. The molecule has 0 radical (unpaired) electrons. The summed E-state index contributed by atoms with van der Waals surface area (Å²) in [6.07, 6.45) is 1.58. The molecular weight excluding hydrogens is 268 g/mol. The molecule has 0 fully saturated rings. The van der Waals surface area contributed by atoms with Gasteiger partial charge in [0, 0.05) is 19.4 Å². The van der Waals surface area contributed by atoms with Gasteiger partial charge in [0.2, 0.25) is 0 Å². The molecule has 1 aromatic carbocycles. The van der Waals surface area contributed by atoms with E-state index in [-0.39, 0.29) is 12.5 Å². The molecule has 5 heteroatoms. The SMILES string of the molecule is COCC(=O)Nc1cc(Oc2ccc(C)cc2C)ccn1. The van der Waals surface area contributed by atoms with Gasteiger partial charge in [-0.15, -0.1) is 0 Å². The van der Waals surface area contributed by atoms with E-state index in [1.54, 1.807) is 18.3 Å². The fourth-order valence-electron chi connectivity index (χ4n) is 1.89. The Bertz CT molecular complexity index is 641. The summed E-state index contributed by atoms with van der Waals surface area (Å²) in [5.74, 6) is 1.57. The van der Waals surface area contributed by atoms with E-state index in [0.717, 1.165) is 11.3 Å². The van der Waals surface area contributed by atoms with Gasteiger partial charge in [-0.3, -0.25) is 4.79 Å². The molecule has 0 bridgehead atoms. The van der Waals surface area contributed by atoms with Crippen LogP contribution in [-0.4, -0.2) is 24.6 Å². The van der Waals surface area contributed by atoms with Gasteiger partial charge in [-0.25, -0.2) is 4.98 Å². The van der Waals surface area contributed by atoms with Crippen LogP contribution in [0, 0.1) is 13.8 Å². The number of methoxy groups -OCH3 is 1. The van der Waals surface area contributed by atoms with Crippen LogP contribution in [0.1, 0.15) is 11.1 Å². The lowest BCUT2D eigenvalue weighted by Crippen LogP contribution is -2.17. The Kier molecular flexibility index (Phi) is 4.90. The zero-order valence-electron chi connectivity index (χ0n) is 12.3. The largest absolute Gasteiger partial charge is 0.457 e. The number of nitrogens with one attached hydrogen (secondary N) is 1. The summed E-state index contributed by atoms with van der Waals surface area (Å²) in [7, 11) is 1.46. The molecule has 110 valence electrons. The molecule has 5 nitrogen and oxygen atoms in total. The molecule has 0 saturated heterocycles. The molecule has 2 aromatic rings. The number of aryl methyl sites for hydroxylation is 2. The van der Waals surface area contributed by atoms with Gasteiger partial charge >= 0.3 is 0 Å². The Morgan fingerprint density at radius 1 is 1.24 bits per heavy atom. The molecule has 0 spiro atoms. The molecule has 0 unspecified atom stereocenters. The third kappa shape index (κ3) is 4.29. The first kappa shape index (κ1) is 15.0. The Labute approximate surface area is 123 Å². The summed E-state index contributed by atoms with van der Waals surface area (Å²) in [4.78, 5) is 15.5. The summed E-state index contributed by atoms with van der Waals surface area (Å²) in [6.45, 7) is 4.02.